The van der Waals surface area contributed by atoms with Crippen LogP contribution < -0.4 is 5.32 Å². The van der Waals surface area contributed by atoms with Crippen molar-refractivity contribution in [2.75, 3.05) is 18.5 Å². The minimum atomic E-state index is -4.49. The maximum Gasteiger partial charge on any atom is 0.416 e. The number of aromatic nitrogens is 1. The molecular weight excluding hydrogens is 419 g/mol. The van der Waals surface area contributed by atoms with Crippen LogP contribution in [0.15, 0.2) is 29.6 Å². The lowest BCUT2D eigenvalue weighted by Crippen LogP contribution is -2.35. The van der Waals surface area contributed by atoms with Gasteiger partial charge in [-0.3, -0.25) is 0 Å². The normalized spacial score (nSPS) is 11.2. The van der Waals surface area contributed by atoms with Gasteiger partial charge in [-0.1, -0.05) is 25.8 Å². The van der Waals surface area contributed by atoms with Gasteiger partial charge >= 0.3 is 18.2 Å². The zero-order valence-electron chi connectivity index (χ0n) is 16.8. The van der Waals surface area contributed by atoms with Crippen molar-refractivity contribution in [2.45, 2.75) is 45.8 Å². The molecule has 0 saturated carbocycles. The Labute approximate surface area is 177 Å². The Morgan fingerprint density at radius 3 is 2.67 bits per heavy atom. The van der Waals surface area contributed by atoms with Crippen LogP contribution in [0.25, 0.3) is 0 Å². The molecule has 30 heavy (non-hydrogen) atoms. The van der Waals surface area contributed by atoms with Crippen molar-refractivity contribution in [3.8, 4) is 0 Å². The number of amides is 2. The fraction of sp³-hybridized carbons (Fsp3) is 0.450. The van der Waals surface area contributed by atoms with Gasteiger partial charge < -0.3 is 15.0 Å². The molecular formula is C20H24F3N3O3S. The SMILES string of the molecule is CCCCCN(Cc1nc(C(=O)OCC)cs1)C(=O)Nc1cccc(C(F)(F)F)c1. The molecule has 0 aliphatic heterocycles. The number of ether oxygens (including phenoxy) is 1. The van der Waals surface area contributed by atoms with E-state index < -0.39 is 23.7 Å². The van der Waals surface area contributed by atoms with Gasteiger partial charge in [-0.05, 0) is 31.5 Å². The van der Waals surface area contributed by atoms with Crippen molar-refractivity contribution < 1.29 is 27.5 Å². The van der Waals surface area contributed by atoms with Crippen LogP contribution >= 0.6 is 11.3 Å². The average Bonchev–Trinajstić information content (AvgIpc) is 3.16. The molecule has 6 nitrogen and oxygen atoms in total. The third kappa shape index (κ3) is 7.01. The molecule has 164 valence electrons. The fourth-order valence-corrected chi connectivity index (χ4v) is 3.40. The quantitative estimate of drug-likeness (QED) is 0.407. The van der Waals surface area contributed by atoms with E-state index >= 15 is 0 Å². The number of anilines is 1. The van der Waals surface area contributed by atoms with Gasteiger partial charge in [0.2, 0.25) is 0 Å². The van der Waals surface area contributed by atoms with Crippen molar-refractivity contribution in [1.29, 1.82) is 0 Å². The highest BCUT2D eigenvalue weighted by Crippen LogP contribution is 2.30. The topological polar surface area (TPSA) is 71.5 Å². The Morgan fingerprint density at radius 2 is 2.00 bits per heavy atom. The van der Waals surface area contributed by atoms with E-state index in [9.17, 15) is 22.8 Å². The van der Waals surface area contributed by atoms with Crippen LogP contribution in [0.1, 0.15) is 54.2 Å². The first-order valence-corrected chi connectivity index (χ1v) is 10.5. The molecule has 1 aromatic heterocycles. The lowest BCUT2D eigenvalue weighted by molar-refractivity contribution is -0.137. The third-order valence-electron chi connectivity index (χ3n) is 4.12. The van der Waals surface area contributed by atoms with Crippen LogP contribution in [-0.4, -0.2) is 35.0 Å². The summed E-state index contributed by atoms with van der Waals surface area (Å²) in [6.07, 6.45) is -1.90. The minimum Gasteiger partial charge on any atom is -0.461 e. The molecule has 0 aliphatic rings. The first-order chi connectivity index (χ1) is 14.2. The molecule has 2 rings (SSSR count). The van der Waals surface area contributed by atoms with Gasteiger partial charge in [0.1, 0.15) is 5.01 Å². The van der Waals surface area contributed by atoms with Crippen molar-refractivity contribution in [3.63, 3.8) is 0 Å². The van der Waals surface area contributed by atoms with E-state index in [-0.39, 0.29) is 24.5 Å². The number of carbonyl (C=O) groups excluding carboxylic acids is 2. The Morgan fingerprint density at radius 1 is 1.23 bits per heavy atom. The molecule has 0 radical (unpaired) electrons. The minimum absolute atomic E-state index is 0.0571. The largest absolute Gasteiger partial charge is 0.461 e. The van der Waals surface area contributed by atoms with Crippen molar-refractivity contribution in [1.82, 2.24) is 9.88 Å². The lowest BCUT2D eigenvalue weighted by atomic mass is 10.2. The van der Waals surface area contributed by atoms with Crippen LogP contribution in [-0.2, 0) is 17.5 Å². The maximum atomic E-state index is 12.9. The van der Waals surface area contributed by atoms with Crippen LogP contribution in [0.3, 0.4) is 0 Å². The number of nitrogens with one attached hydrogen (secondary N) is 1. The summed E-state index contributed by atoms with van der Waals surface area (Å²) >= 11 is 1.22. The van der Waals surface area contributed by atoms with E-state index in [1.165, 1.54) is 28.4 Å². The predicted octanol–water partition coefficient (Wildman–Crippen LogP) is 5.56. The molecule has 0 saturated heterocycles. The molecule has 2 amide bonds. The van der Waals surface area contributed by atoms with Crippen LogP contribution in [0.5, 0.6) is 0 Å². The van der Waals surface area contributed by atoms with Crippen molar-refractivity contribution in [3.05, 3.63) is 45.9 Å². The maximum absolute atomic E-state index is 12.9. The molecule has 2 aromatic rings. The number of halogens is 3. The number of hydrogen-bond acceptors (Lipinski definition) is 5. The number of unbranched alkanes of at least 4 members (excludes halogenated alkanes) is 2. The van der Waals surface area contributed by atoms with Gasteiger partial charge in [-0.15, -0.1) is 11.3 Å². The number of alkyl halides is 3. The van der Waals surface area contributed by atoms with Crippen LogP contribution in [0.4, 0.5) is 23.7 Å². The number of nitrogens with zero attached hydrogens (tertiary/aromatic N) is 2. The molecule has 10 heteroatoms. The van der Waals surface area contributed by atoms with E-state index in [0.29, 0.717) is 11.6 Å². The van der Waals surface area contributed by atoms with Gasteiger partial charge in [0, 0.05) is 17.6 Å². The molecule has 0 atom stereocenters. The summed E-state index contributed by atoms with van der Waals surface area (Å²) in [6.45, 7) is 4.50. The fourth-order valence-electron chi connectivity index (χ4n) is 2.63. The van der Waals surface area contributed by atoms with Crippen LogP contribution in [0.2, 0.25) is 0 Å². The second kappa shape index (κ2) is 11.0. The van der Waals surface area contributed by atoms with Gasteiger partial charge in [0.15, 0.2) is 5.69 Å². The summed E-state index contributed by atoms with van der Waals surface area (Å²) < 4.78 is 43.6. The summed E-state index contributed by atoms with van der Waals surface area (Å²) in [6, 6.07) is 3.95. The molecule has 0 unspecified atom stereocenters. The molecule has 0 spiro atoms. The van der Waals surface area contributed by atoms with Gasteiger partial charge in [0.05, 0.1) is 18.7 Å². The number of benzene rings is 1. The summed E-state index contributed by atoms with van der Waals surface area (Å²) in [5.74, 6) is -0.536. The smallest absolute Gasteiger partial charge is 0.416 e. The monoisotopic (exact) mass is 443 g/mol. The zero-order valence-corrected chi connectivity index (χ0v) is 17.6. The summed E-state index contributed by atoms with van der Waals surface area (Å²) in [7, 11) is 0. The van der Waals surface area contributed by atoms with Gasteiger partial charge in [-0.2, -0.15) is 13.2 Å². The van der Waals surface area contributed by atoms with Gasteiger partial charge in [-0.25, -0.2) is 14.6 Å². The third-order valence-corrected chi connectivity index (χ3v) is 4.96. The first-order valence-electron chi connectivity index (χ1n) is 9.59. The number of hydrogen-bond donors (Lipinski definition) is 1. The molecule has 1 N–H and O–H groups in total. The summed E-state index contributed by atoms with van der Waals surface area (Å²) in [4.78, 5) is 30.2. The molecule has 1 heterocycles. The Kier molecular flexibility index (Phi) is 8.64. The number of carbonyl (C=O) groups is 2. The van der Waals surface area contributed by atoms with E-state index in [2.05, 4.69) is 10.3 Å². The van der Waals surface area contributed by atoms with Crippen molar-refractivity contribution in [2.24, 2.45) is 0 Å². The highest BCUT2D eigenvalue weighted by atomic mass is 32.1. The summed E-state index contributed by atoms with van der Waals surface area (Å²) in [5.41, 5.74) is -0.609. The molecule has 0 bridgehead atoms. The number of esters is 1. The number of rotatable bonds is 9. The standard InChI is InChI=1S/C20H24F3N3O3S/c1-3-5-6-10-26(12-17-25-16(13-30-17)18(27)29-4-2)19(28)24-15-9-7-8-14(11-15)20(21,22)23/h7-9,11,13H,3-6,10,12H2,1-2H3,(H,24,28). The zero-order chi connectivity index (χ0) is 22.1. The first kappa shape index (κ1) is 23.7. The highest BCUT2D eigenvalue weighted by Gasteiger charge is 2.30. The van der Waals surface area contributed by atoms with Crippen molar-refractivity contribution >= 4 is 29.0 Å². The molecule has 0 aliphatic carbocycles. The summed E-state index contributed by atoms with van der Waals surface area (Å²) in [5, 5.41) is 4.62. The van der Waals surface area contributed by atoms with E-state index in [1.54, 1.807) is 12.3 Å². The second-order valence-electron chi connectivity index (χ2n) is 6.48. The molecule has 0 fully saturated rings. The van der Waals surface area contributed by atoms with E-state index in [0.717, 1.165) is 31.4 Å². The van der Waals surface area contributed by atoms with Gasteiger partial charge in [0.25, 0.3) is 0 Å². The van der Waals surface area contributed by atoms with E-state index in [1.807, 2.05) is 6.92 Å². The van der Waals surface area contributed by atoms with Crippen LogP contribution in [0, 0.1) is 0 Å². The second-order valence-corrected chi connectivity index (χ2v) is 7.43. The predicted molar refractivity (Wildman–Crippen MR) is 108 cm³/mol. The average molecular weight is 443 g/mol. The number of thiazole rings is 1. The highest BCUT2D eigenvalue weighted by molar-refractivity contribution is 7.09. The number of urea groups is 1. The Bertz CT molecular complexity index is 855. The lowest BCUT2D eigenvalue weighted by Gasteiger charge is -2.22. The molecule has 1 aromatic carbocycles. The Balaban J connectivity index is 2.12. The Hall–Kier alpha value is -2.62. The van der Waals surface area contributed by atoms with E-state index in [4.69, 9.17) is 4.74 Å².